The lowest BCUT2D eigenvalue weighted by molar-refractivity contribution is -0.159. The molecule has 0 N–H and O–H groups in total. The lowest BCUT2D eigenvalue weighted by Crippen LogP contribution is -2.55. The number of nitrogens with zero attached hydrogens (tertiary/aromatic N) is 2. The minimum absolute atomic E-state index is 0.00490. The van der Waals surface area contributed by atoms with Gasteiger partial charge in [0.25, 0.3) is 0 Å². The van der Waals surface area contributed by atoms with Crippen LogP contribution in [0.25, 0.3) is 0 Å². The number of hydrogen-bond acceptors (Lipinski definition) is 3. The van der Waals surface area contributed by atoms with Crippen molar-refractivity contribution in [3.63, 3.8) is 0 Å². The first kappa shape index (κ1) is 15.3. The molecule has 2 aliphatic heterocycles. The highest BCUT2D eigenvalue weighted by Crippen LogP contribution is 2.21. The summed E-state index contributed by atoms with van der Waals surface area (Å²) in [6.45, 7) is 10.6. The molecule has 0 aliphatic carbocycles. The van der Waals surface area contributed by atoms with E-state index < -0.39 is 0 Å². The van der Waals surface area contributed by atoms with Crippen molar-refractivity contribution in [2.45, 2.75) is 46.3 Å². The number of rotatable bonds is 0. The molecule has 5 nitrogen and oxygen atoms in total. The Morgan fingerprint density at radius 1 is 0.800 bits per heavy atom. The van der Waals surface area contributed by atoms with Crippen LogP contribution in [0.4, 0.5) is 0 Å². The number of carbonyl (C=O) groups excluding carboxylic acids is 2. The third-order valence-electron chi connectivity index (χ3n) is 4.05. The Hall–Kier alpha value is -1.10. The van der Waals surface area contributed by atoms with Gasteiger partial charge in [0.2, 0.25) is 0 Å². The Bertz CT molecular complexity index is 329. The highest BCUT2D eigenvalue weighted by molar-refractivity contribution is 6.34. The summed E-state index contributed by atoms with van der Waals surface area (Å²) < 4.78 is 5.61. The molecule has 2 heterocycles. The van der Waals surface area contributed by atoms with Crippen LogP contribution < -0.4 is 0 Å². The van der Waals surface area contributed by atoms with Gasteiger partial charge in [-0.1, -0.05) is 13.8 Å². The Morgan fingerprint density at radius 3 is 1.65 bits per heavy atom. The molecule has 0 radical (unpaired) electrons. The van der Waals surface area contributed by atoms with Gasteiger partial charge in [0, 0.05) is 26.2 Å². The standard InChI is InChI=1S/C15H26N2O3/c1-10-5-11(2)7-16(6-10)14(18)15(19)17-8-12(3)20-13(4)9-17/h10-13H,5-9H2,1-4H3. The number of ether oxygens (including phenoxy) is 1. The number of likely N-dealkylation sites (tertiary alicyclic amines) is 1. The van der Waals surface area contributed by atoms with Gasteiger partial charge in [0.1, 0.15) is 0 Å². The number of piperidine rings is 1. The van der Waals surface area contributed by atoms with E-state index in [0.29, 0.717) is 38.0 Å². The predicted octanol–water partition coefficient (Wildman–Crippen LogP) is 1.13. The zero-order chi connectivity index (χ0) is 14.9. The maximum Gasteiger partial charge on any atom is 0.312 e. The van der Waals surface area contributed by atoms with Gasteiger partial charge >= 0.3 is 11.8 Å². The highest BCUT2D eigenvalue weighted by Gasteiger charge is 2.34. The van der Waals surface area contributed by atoms with Gasteiger partial charge in [-0.25, -0.2) is 0 Å². The minimum Gasteiger partial charge on any atom is -0.372 e. The summed E-state index contributed by atoms with van der Waals surface area (Å²) >= 11 is 0. The zero-order valence-electron chi connectivity index (χ0n) is 13.0. The summed E-state index contributed by atoms with van der Waals surface area (Å²) in [4.78, 5) is 28.1. The van der Waals surface area contributed by atoms with E-state index in [-0.39, 0.29) is 24.0 Å². The topological polar surface area (TPSA) is 49.9 Å². The number of hydrogen-bond donors (Lipinski definition) is 0. The van der Waals surface area contributed by atoms with E-state index in [2.05, 4.69) is 13.8 Å². The normalized spacial score (nSPS) is 35.0. The van der Waals surface area contributed by atoms with Crippen LogP contribution in [-0.2, 0) is 14.3 Å². The average molecular weight is 282 g/mol. The molecule has 2 saturated heterocycles. The molecule has 20 heavy (non-hydrogen) atoms. The van der Waals surface area contributed by atoms with Crippen molar-refractivity contribution in [3.05, 3.63) is 0 Å². The lowest BCUT2D eigenvalue weighted by atomic mass is 9.92. The van der Waals surface area contributed by atoms with Gasteiger partial charge in [-0.2, -0.15) is 0 Å². The molecule has 2 aliphatic rings. The van der Waals surface area contributed by atoms with E-state index >= 15 is 0 Å². The van der Waals surface area contributed by atoms with E-state index in [4.69, 9.17) is 4.74 Å². The molecule has 2 rings (SSSR count). The van der Waals surface area contributed by atoms with Gasteiger partial charge in [-0.05, 0) is 32.1 Å². The smallest absolute Gasteiger partial charge is 0.312 e. The first-order valence-corrected chi connectivity index (χ1v) is 7.60. The summed E-state index contributed by atoms with van der Waals surface area (Å²) in [5, 5.41) is 0. The molecular weight excluding hydrogens is 256 g/mol. The quantitative estimate of drug-likeness (QED) is 0.626. The van der Waals surface area contributed by atoms with E-state index in [0.717, 1.165) is 6.42 Å². The molecule has 114 valence electrons. The fourth-order valence-corrected chi connectivity index (χ4v) is 3.44. The first-order valence-electron chi connectivity index (χ1n) is 7.60. The maximum atomic E-state index is 12.4. The molecule has 0 aromatic rings. The number of morpholine rings is 1. The molecular formula is C15H26N2O3. The molecule has 2 amide bonds. The summed E-state index contributed by atoms with van der Waals surface area (Å²) in [6, 6.07) is 0. The first-order chi connectivity index (χ1) is 9.36. The maximum absolute atomic E-state index is 12.4. The molecule has 5 heteroatoms. The SMILES string of the molecule is CC1CC(C)CN(C(=O)C(=O)N2CC(C)OC(C)C2)C1. The Balaban J connectivity index is 1.99. The van der Waals surface area contributed by atoms with Gasteiger partial charge in [0.15, 0.2) is 0 Å². The van der Waals surface area contributed by atoms with E-state index in [1.807, 2.05) is 13.8 Å². The monoisotopic (exact) mass is 282 g/mol. The zero-order valence-corrected chi connectivity index (χ0v) is 13.0. The largest absolute Gasteiger partial charge is 0.372 e. The lowest BCUT2D eigenvalue weighted by Gasteiger charge is -2.38. The van der Waals surface area contributed by atoms with E-state index in [1.54, 1.807) is 9.80 Å². The Morgan fingerprint density at radius 2 is 1.20 bits per heavy atom. The van der Waals surface area contributed by atoms with Crippen LogP contribution in [0.15, 0.2) is 0 Å². The highest BCUT2D eigenvalue weighted by atomic mass is 16.5. The third kappa shape index (κ3) is 3.51. The van der Waals surface area contributed by atoms with Crippen molar-refractivity contribution >= 4 is 11.8 Å². The fraction of sp³-hybridized carbons (Fsp3) is 0.867. The van der Waals surface area contributed by atoms with Gasteiger partial charge in [-0.15, -0.1) is 0 Å². The van der Waals surface area contributed by atoms with E-state index in [9.17, 15) is 9.59 Å². The summed E-state index contributed by atoms with van der Waals surface area (Å²) in [5.74, 6) is 0.231. The molecule has 0 bridgehead atoms. The van der Waals surface area contributed by atoms with Gasteiger partial charge in [0.05, 0.1) is 12.2 Å². The van der Waals surface area contributed by atoms with Crippen LogP contribution in [0, 0.1) is 11.8 Å². The van der Waals surface area contributed by atoms with Gasteiger partial charge in [-0.3, -0.25) is 9.59 Å². The number of carbonyl (C=O) groups is 2. The molecule has 2 fully saturated rings. The van der Waals surface area contributed by atoms with Crippen LogP contribution in [-0.4, -0.2) is 60.0 Å². The van der Waals surface area contributed by atoms with E-state index in [1.165, 1.54) is 0 Å². The second kappa shape index (κ2) is 6.12. The Kier molecular flexibility index (Phi) is 4.68. The van der Waals surface area contributed by atoms with Crippen molar-refractivity contribution in [3.8, 4) is 0 Å². The van der Waals surface area contributed by atoms with Crippen molar-refractivity contribution in [1.82, 2.24) is 9.80 Å². The van der Waals surface area contributed by atoms with Crippen LogP contribution >= 0.6 is 0 Å². The number of amides is 2. The second-order valence-corrected chi connectivity index (χ2v) is 6.62. The van der Waals surface area contributed by atoms with Crippen molar-refractivity contribution in [1.29, 1.82) is 0 Å². The molecule has 4 unspecified atom stereocenters. The summed E-state index contributed by atoms with van der Waals surface area (Å²) in [7, 11) is 0. The summed E-state index contributed by atoms with van der Waals surface area (Å²) in [5.41, 5.74) is 0. The second-order valence-electron chi connectivity index (χ2n) is 6.62. The summed E-state index contributed by atoms with van der Waals surface area (Å²) in [6.07, 6.45) is 1.12. The van der Waals surface area contributed by atoms with Crippen molar-refractivity contribution in [2.75, 3.05) is 26.2 Å². The molecule has 0 saturated carbocycles. The van der Waals surface area contributed by atoms with Gasteiger partial charge < -0.3 is 14.5 Å². The van der Waals surface area contributed by atoms with Crippen LogP contribution in [0.2, 0.25) is 0 Å². The Labute approximate surface area is 121 Å². The molecule has 0 spiro atoms. The molecule has 0 aromatic heterocycles. The van der Waals surface area contributed by atoms with Crippen molar-refractivity contribution in [2.24, 2.45) is 11.8 Å². The van der Waals surface area contributed by atoms with Crippen molar-refractivity contribution < 1.29 is 14.3 Å². The molecule has 4 atom stereocenters. The average Bonchev–Trinajstić information content (AvgIpc) is 2.34. The molecule has 0 aromatic carbocycles. The fourth-order valence-electron chi connectivity index (χ4n) is 3.44. The minimum atomic E-state index is -0.367. The van der Waals surface area contributed by atoms with Crippen LogP contribution in [0.3, 0.4) is 0 Å². The third-order valence-corrected chi connectivity index (χ3v) is 4.05. The predicted molar refractivity (Wildman–Crippen MR) is 76.1 cm³/mol. The van der Waals surface area contributed by atoms with Crippen LogP contribution in [0.5, 0.6) is 0 Å². The van der Waals surface area contributed by atoms with Crippen LogP contribution in [0.1, 0.15) is 34.1 Å².